The molecular formula is C21H33N3O4. The number of nitrogens with zero attached hydrogens (tertiary/aromatic N) is 3. The molecule has 0 aromatic heterocycles. The van der Waals surface area contributed by atoms with E-state index in [1.54, 1.807) is 4.90 Å². The zero-order valence-electron chi connectivity index (χ0n) is 17.2. The molecule has 2 bridgehead atoms. The van der Waals surface area contributed by atoms with Crippen LogP contribution in [0.5, 0.6) is 0 Å². The van der Waals surface area contributed by atoms with E-state index in [4.69, 9.17) is 4.74 Å². The Morgan fingerprint density at radius 3 is 2.79 bits per heavy atom. The van der Waals surface area contributed by atoms with Crippen molar-refractivity contribution < 1.29 is 19.4 Å². The lowest BCUT2D eigenvalue weighted by Crippen LogP contribution is -2.48. The number of hydrogen-bond acceptors (Lipinski definition) is 5. The number of likely N-dealkylation sites (N-methyl/N-ethyl adjacent to an activating group) is 1. The lowest BCUT2D eigenvalue weighted by molar-refractivity contribution is -0.147. The number of carbonyl (C=O) groups is 2. The molecule has 156 valence electrons. The molecule has 0 radical (unpaired) electrons. The Kier molecular flexibility index (Phi) is 5.51. The molecule has 2 amide bonds. The molecule has 28 heavy (non-hydrogen) atoms. The van der Waals surface area contributed by atoms with Crippen molar-refractivity contribution in [2.45, 2.75) is 45.0 Å². The summed E-state index contributed by atoms with van der Waals surface area (Å²) in [7, 11) is 1.81. The minimum absolute atomic E-state index is 0.0873. The highest BCUT2D eigenvalue weighted by molar-refractivity contribution is 5.80. The Bertz CT molecular complexity index is 666. The molecule has 0 aromatic rings. The maximum absolute atomic E-state index is 13.2. The van der Waals surface area contributed by atoms with Crippen LogP contribution in [0, 0.1) is 17.8 Å². The van der Waals surface area contributed by atoms with Crippen LogP contribution < -0.4 is 0 Å². The van der Waals surface area contributed by atoms with E-state index in [0.29, 0.717) is 39.1 Å². The fourth-order valence-corrected chi connectivity index (χ4v) is 5.47. The first-order valence-electron chi connectivity index (χ1n) is 10.6. The Morgan fingerprint density at radius 1 is 1.32 bits per heavy atom. The van der Waals surface area contributed by atoms with Crippen molar-refractivity contribution in [3.05, 3.63) is 11.6 Å². The van der Waals surface area contributed by atoms with Crippen molar-refractivity contribution in [2.75, 3.05) is 46.3 Å². The van der Waals surface area contributed by atoms with Crippen molar-refractivity contribution >= 4 is 11.8 Å². The van der Waals surface area contributed by atoms with Gasteiger partial charge in [-0.25, -0.2) is 0 Å². The monoisotopic (exact) mass is 391 g/mol. The smallest absolute Gasteiger partial charge is 0.236 e. The Hall–Kier alpha value is -1.44. The molecule has 4 rings (SSSR count). The summed E-state index contributed by atoms with van der Waals surface area (Å²) in [6.45, 7) is 7.99. The van der Waals surface area contributed by atoms with Crippen molar-refractivity contribution in [3.63, 3.8) is 0 Å². The summed E-state index contributed by atoms with van der Waals surface area (Å²) in [6.07, 6.45) is 2.79. The second kappa shape index (κ2) is 7.76. The second-order valence-electron chi connectivity index (χ2n) is 9.00. The first kappa shape index (κ1) is 19.9. The molecule has 1 N–H and O–H groups in total. The topological polar surface area (TPSA) is 73.3 Å². The number of likely N-dealkylation sites (tertiary alicyclic amines) is 1. The van der Waals surface area contributed by atoms with E-state index in [0.717, 1.165) is 13.0 Å². The highest BCUT2D eigenvalue weighted by Gasteiger charge is 2.58. The van der Waals surface area contributed by atoms with Crippen LogP contribution >= 0.6 is 0 Å². The van der Waals surface area contributed by atoms with Gasteiger partial charge in [0.1, 0.15) is 0 Å². The number of aliphatic hydroxyl groups excluding tert-OH is 1. The van der Waals surface area contributed by atoms with Crippen LogP contribution in [-0.4, -0.2) is 96.2 Å². The van der Waals surface area contributed by atoms with Gasteiger partial charge in [-0.05, 0) is 26.7 Å². The van der Waals surface area contributed by atoms with Crippen LogP contribution in [0.1, 0.15) is 26.7 Å². The number of hydrogen-bond donors (Lipinski definition) is 1. The number of fused-ring (bicyclic) bond motifs is 4. The molecule has 0 aromatic carbocycles. The number of aliphatic hydroxyl groups is 1. The summed E-state index contributed by atoms with van der Waals surface area (Å²) < 4.78 is 6.16. The molecule has 0 aliphatic carbocycles. The maximum atomic E-state index is 13.2. The van der Waals surface area contributed by atoms with E-state index in [1.165, 1.54) is 5.57 Å². The average molecular weight is 392 g/mol. The average Bonchev–Trinajstić information content (AvgIpc) is 3.28. The SMILES string of the molecule is CCN(C)C(=O)CN1C[C@H]2[C@H](O)[C@@H]3CC(C(=O)N4CCC=C(C)C4)[C@@H](O3)[C@H]2C1. The predicted molar refractivity (Wildman–Crippen MR) is 104 cm³/mol. The number of carbonyl (C=O) groups excluding carboxylic acids is 2. The highest BCUT2D eigenvalue weighted by atomic mass is 16.5. The fraction of sp³-hybridized carbons (Fsp3) is 0.810. The van der Waals surface area contributed by atoms with Crippen LogP contribution in [0.2, 0.25) is 0 Å². The van der Waals surface area contributed by atoms with Gasteiger partial charge >= 0.3 is 0 Å². The minimum atomic E-state index is -0.550. The third-order valence-electron chi connectivity index (χ3n) is 7.16. The van der Waals surface area contributed by atoms with Gasteiger partial charge in [0.25, 0.3) is 0 Å². The van der Waals surface area contributed by atoms with Gasteiger partial charge in [0.15, 0.2) is 0 Å². The highest BCUT2D eigenvalue weighted by Crippen LogP contribution is 2.47. The van der Waals surface area contributed by atoms with E-state index in [1.807, 2.05) is 18.9 Å². The van der Waals surface area contributed by atoms with Crippen molar-refractivity contribution in [1.29, 1.82) is 0 Å². The van der Waals surface area contributed by atoms with Crippen molar-refractivity contribution in [2.24, 2.45) is 17.8 Å². The molecule has 6 atom stereocenters. The number of ether oxygens (including phenoxy) is 1. The summed E-state index contributed by atoms with van der Waals surface area (Å²) in [5.74, 6) is 0.306. The van der Waals surface area contributed by atoms with Crippen LogP contribution in [0.3, 0.4) is 0 Å². The van der Waals surface area contributed by atoms with E-state index >= 15 is 0 Å². The number of rotatable bonds is 4. The fourth-order valence-electron chi connectivity index (χ4n) is 5.47. The first-order chi connectivity index (χ1) is 13.4. The number of amides is 2. The normalized spacial score (nSPS) is 37.6. The molecule has 3 fully saturated rings. The molecule has 4 aliphatic heterocycles. The molecule has 1 unspecified atom stereocenters. The van der Waals surface area contributed by atoms with E-state index in [2.05, 4.69) is 17.9 Å². The zero-order valence-corrected chi connectivity index (χ0v) is 17.2. The summed E-state index contributed by atoms with van der Waals surface area (Å²) >= 11 is 0. The van der Waals surface area contributed by atoms with Gasteiger partial charge in [-0.15, -0.1) is 0 Å². The first-order valence-corrected chi connectivity index (χ1v) is 10.6. The largest absolute Gasteiger partial charge is 0.390 e. The second-order valence-corrected chi connectivity index (χ2v) is 9.00. The molecule has 0 saturated carbocycles. The van der Waals surface area contributed by atoms with Crippen LogP contribution in [0.25, 0.3) is 0 Å². The molecular weight excluding hydrogens is 358 g/mol. The third kappa shape index (κ3) is 3.48. The van der Waals surface area contributed by atoms with E-state index in [-0.39, 0.29) is 41.8 Å². The molecule has 7 nitrogen and oxygen atoms in total. The van der Waals surface area contributed by atoms with Crippen LogP contribution in [0.4, 0.5) is 0 Å². The van der Waals surface area contributed by atoms with Gasteiger partial charge in [0.2, 0.25) is 11.8 Å². The summed E-state index contributed by atoms with van der Waals surface area (Å²) in [5, 5.41) is 10.8. The van der Waals surface area contributed by atoms with Gasteiger partial charge in [-0.1, -0.05) is 11.6 Å². The summed E-state index contributed by atoms with van der Waals surface area (Å²) in [4.78, 5) is 31.4. The van der Waals surface area contributed by atoms with Crippen molar-refractivity contribution in [3.8, 4) is 0 Å². The predicted octanol–water partition coefficient (Wildman–Crippen LogP) is 0.340. The molecule has 4 aliphatic rings. The molecule has 7 heteroatoms. The Morgan fingerprint density at radius 2 is 2.07 bits per heavy atom. The van der Waals surface area contributed by atoms with Crippen LogP contribution in [0.15, 0.2) is 11.6 Å². The minimum Gasteiger partial charge on any atom is -0.390 e. The maximum Gasteiger partial charge on any atom is 0.236 e. The molecule has 0 spiro atoms. The van der Waals surface area contributed by atoms with Gasteiger partial charge in [0, 0.05) is 51.6 Å². The third-order valence-corrected chi connectivity index (χ3v) is 7.16. The summed E-state index contributed by atoms with van der Waals surface area (Å²) in [6, 6.07) is 0. The Balaban J connectivity index is 1.45. The lowest BCUT2D eigenvalue weighted by atomic mass is 9.82. The molecule has 4 heterocycles. The van der Waals surface area contributed by atoms with E-state index in [9.17, 15) is 14.7 Å². The van der Waals surface area contributed by atoms with Gasteiger partial charge in [-0.3, -0.25) is 14.5 Å². The Labute approximate surface area is 167 Å². The zero-order chi connectivity index (χ0) is 20.0. The lowest BCUT2D eigenvalue weighted by Gasteiger charge is -2.37. The van der Waals surface area contributed by atoms with Crippen LogP contribution in [-0.2, 0) is 14.3 Å². The van der Waals surface area contributed by atoms with Crippen molar-refractivity contribution in [1.82, 2.24) is 14.7 Å². The standard InChI is InChI=1S/C21H33N3O4/c1-4-22(3)18(25)12-23-10-15-16(11-23)20-14(8-17(28-20)19(15)26)21(27)24-7-5-6-13(2)9-24/h6,14-17,19-20,26H,4-5,7-12H2,1-3H3/t14?,15-,16+,17+,19+,20-/m1/s1. The summed E-state index contributed by atoms with van der Waals surface area (Å²) in [5.41, 5.74) is 1.24. The van der Waals surface area contributed by atoms with Gasteiger partial charge in [-0.2, -0.15) is 0 Å². The quantitative estimate of drug-likeness (QED) is 0.700. The molecule has 3 saturated heterocycles. The van der Waals surface area contributed by atoms with Gasteiger partial charge < -0.3 is 19.6 Å². The van der Waals surface area contributed by atoms with E-state index < -0.39 is 6.10 Å². The van der Waals surface area contributed by atoms with Gasteiger partial charge in [0.05, 0.1) is 30.8 Å².